The zero-order chi connectivity index (χ0) is 14.4. The quantitative estimate of drug-likeness (QED) is 0.500. The summed E-state index contributed by atoms with van der Waals surface area (Å²) in [5.74, 6) is 0.347. The molecule has 21 heavy (non-hydrogen) atoms. The van der Waals surface area contributed by atoms with Crippen LogP contribution >= 0.6 is 15.9 Å². The molecule has 3 aromatic rings. The van der Waals surface area contributed by atoms with Gasteiger partial charge in [-0.3, -0.25) is 0 Å². The first kappa shape index (κ1) is 12.8. The molecule has 0 N–H and O–H groups in total. The molecule has 0 nitrogen and oxygen atoms in total. The van der Waals surface area contributed by atoms with Crippen LogP contribution in [-0.4, -0.2) is 0 Å². The van der Waals surface area contributed by atoms with Gasteiger partial charge in [0.15, 0.2) is 0 Å². The Kier molecular flexibility index (Phi) is 2.97. The van der Waals surface area contributed by atoms with Gasteiger partial charge in [-0.2, -0.15) is 0 Å². The predicted octanol–water partition coefficient (Wildman–Crippen LogP) is 6.15. The van der Waals surface area contributed by atoms with Gasteiger partial charge >= 0.3 is 0 Å². The Morgan fingerprint density at radius 3 is 2.52 bits per heavy atom. The van der Waals surface area contributed by atoms with Gasteiger partial charge in [-0.05, 0) is 46.0 Å². The van der Waals surface area contributed by atoms with Crippen molar-refractivity contribution in [3.63, 3.8) is 0 Å². The molecule has 1 heteroatoms. The minimum atomic E-state index is 0.347. The number of hydrogen-bond donors (Lipinski definition) is 0. The molecule has 0 aliphatic heterocycles. The zero-order valence-electron chi connectivity index (χ0n) is 11.8. The first-order chi connectivity index (χ1) is 10.2. The number of rotatable bonds is 1. The Hall–Kier alpha value is -1.86. The maximum absolute atomic E-state index is 3.73. The van der Waals surface area contributed by atoms with Crippen LogP contribution in [0.2, 0.25) is 0 Å². The van der Waals surface area contributed by atoms with E-state index in [1.807, 2.05) is 0 Å². The number of halogens is 1. The van der Waals surface area contributed by atoms with Gasteiger partial charge in [0.1, 0.15) is 0 Å². The van der Waals surface area contributed by atoms with Crippen molar-refractivity contribution in [2.24, 2.45) is 0 Å². The maximum atomic E-state index is 3.73. The van der Waals surface area contributed by atoms with Gasteiger partial charge in [0.2, 0.25) is 0 Å². The fraction of sp³-hybridized carbons (Fsp3) is 0.100. The summed E-state index contributed by atoms with van der Waals surface area (Å²) in [6, 6.07) is 21.8. The van der Waals surface area contributed by atoms with Crippen molar-refractivity contribution in [3.05, 3.63) is 87.9 Å². The SMILES string of the molecule is CC1=CC(c2ccc3ccccc3c2)c2c(Br)cccc21. The normalized spacial score (nSPS) is 16.9. The lowest BCUT2D eigenvalue weighted by Gasteiger charge is -2.14. The van der Waals surface area contributed by atoms with Crippen molar-refractivity contribution in [2.45, 2.75) is 12.8 Å². The molecule has 0 radical (unpaired) electrons. The molecule has 102 valence electrons. The van der Waals surface area contributed by atoms with E-state index in [-0.39, 0.29) is 0 Å². The summed E-state index contributed by atoms with van der Waals surface area (Å²) >= 11 is 3.73. The van der Waals surface area contributed by atoms with Crippen molar-refractivity contribution in [1.29, 1.82) is 0 Å². The molecule has 0 fully saturated rings. The van der Waals surface area contributed by atoms with E-state index in [0.717, 1.165) is 0 Å². The highest BCUT2D eigenvalue weighted by Gasteiger charge is 2.24. The largest absolute Gasteiger partial charge is 0.0690 e. The lowest BCUT2D eigenvalue weighted by molar-refractivity contribution is 1.04. The highest BCUT2D eigenvalue weighted by molar-refractivity contribution is 9.10. The molecule has 0 amide bonds. The van der Waals surface area contributed by atoms with Crippen LogP contribution < -0.4 is 0 Å². The van der Waals surface area contributed by atoms with E-state index >= 15 is 0 Å². The highest BCUT2D eigenvalue weighted by atomic mass is 79.9. The maximum Gasteiger partial charge on any atom is 0.0292 e. The summed E-state index contributed by atoms with van der Waals surface area (Å²) in [5.41, 5.74) is 5.48. The van der Waals surface area contributed by atoms with Crippen LogP contribution in [0.1, 0.15) is 29.5 Å². The molecule has 1 aliphatic rings. The fourth-order valence-corrected chi connectivity index (χ4v) is 3.90. The zero-order valence-corrected chi connectivity index (χ0v) is 13.4. The monoisotopic (exact) mass is 334 g/mol. The second kappa shape index (κ2) is 4.85. The summed E-state index contributed by atoms with van der Waals surface area (Å²) in [7, 11) is 0. The van der Waals surface area contributed by atoms with E-state index < -0.39 is 0 Å². The second-order valence-corrected chi connectivity index (χ2v) is 6.49. The van der Waals surface area contributed by atoms with E-state index in [1.54, 1.807) is 0 Å². The number of benzene rings is 3. The molecule has 0 heterocycles. The molecule has 1 unspecified atom stereocenters. The Morgan fingerprint density at radius 2 is 1.67 bits per heavy atom. The van der Waals surface area contributed by atoms with Crippen LogP contribution in [-0.2, 0) is 0 Å². The lowest BCUT2D eigenvalue weighted by atomic mass is 9.91. The third-order valence-corrected chi connectivity index (χ3v) is 5.03. The van der Waals surface area contributed by atoms with Crippen LogP contribution in [0, 0.1) is 0 Å². The minimum Gasteiger partial charge on any atom is -0.0690 e. The molecule has 1 aliphatic carbocycles. The van der Waals surface area contributed by atoms with Gasteiger partial charge in [-0.15, -0.1) is 0 Å². The van der Waals surface area contributed by atoms with Crippen LogP contribution in [0.5, 0.6) is 0 Å². The van der Waals surface area contributed by atoms with Gasteiger partial charge in [0.05, 0.1) is 0 Å². The molecule has 0 saturated heterocycles. The molecule has 4 rings (SSSR count). The van der Waals surface area contributed by atoms with E-state index in [0.29, 0.717) is 5.92 Å². The summed E-state index contributed by atoms with van der Waals surface area (Å²) in [6.07, 6.45) is 2.37. The summed E-state index contributed by atoms with van der Waals surface area (Å²) in [4.78, 5) is 0. The molecule has 1 atom stereocenters. The van der Waals surface area contributed by atoms with Crippen molar-refractivity contribution < 1.29 is 0 Å². The van der Waals surface area contributed by atoms with E-state index in [1.165, 1.54) is 37.5 Å². The molecular formula is C20H15Br. The van der Waals surface area contributed by atoms with E-state index in [2.05, 4.69) is 89.6 Å². The van der Waals surface area contributed by atoms with Crippen molar-refractivity contribution in [3.8, 4) is 0 Å². The average Bonchev–Trinajstić information content (AvgIpc) is 2.86. The smallest absolute Gasteiger partial charge is 0.0292 e. The summed E-state index contributed by atoms with van der Waals surface area (Å²) in [5, 5.41) is 2.61. The van der Waals surface area contributed by atoms with Gasteiger partial charge in [-0.1, -0.05) is 76.6 Å². The average molecular weight is 335 g/mol. The van der Waals surface area contributed by atoms with E-state index in [4.69, 9.17) is 0 Å². The second-order valence-electron chi connectivity index (χ2n) is 5.64. The molecule has 3 aromatic carbocycles. The minimum absolute atomic E-state index is 0.347. The third kappa shape index (κ3) is 2.04. The fourth-order valence-electron chi connectivity index (χ4n) is 3.28. The Balaban J connectivity index is 1.91. The molecule has 0 spiro atoms. The van der Waals surface area contributed by atoms with Crippen molar-refractivity contribution >= 4 is 32.3 Å². The van der Waals surface area contributed by atoms with Crippen molar-refractivity contribution in [1.82, 2.24) is 0 Å². The summed E-state index contributed by atoms with van der Waals surface area (Å²) < 4.78 is 1.20. The van der Waals surface area contributed by atoms with E-state index in [9.17, 15) is 0 Å². The highest BCUT2D eigenvalue weighted by Crippen LogP contribution is 2.43. The number of fused-ring (bicyclic) bond motifs is 2. The first-order valence-corrected chi connectivity index (χ1v) is 7.99. The number of allylic oxidation sites excluding steroid dienone is 2. The van der Waals surface area contributed by atoms with Gasteiger partial charge in [-0.25, -0.2) is 0 Å². The summed E-state index contributed by atoms with van der Waals surface area (Å²) in [6.45, 7) is 2.20. The molecular weight excluding hydrogens is 320 g/mol. The van der Waals surface area contributed by atoms with Crippen LogP contribution in [0.15, 0.2) is 71.2 Å². The Morgan fingerprint density at radius 1 is 0.857 bits per heavy atom. The van der Waals surface area contributed by atoms with Gasteiger partial charge < -0.3 is 0 Å². The topological polar surface area (TPSA) is 0 Å². The van der Waals surface area contributed by atoms with Crippen LogP contribution in [0.25, 0.3) is 16.3 Å². The lowest BCUT2D eigenvalue weighted by Crippen LogP contribution is -1.97. The van der Waals surface area contributed by atoms with Crippen LogP contribution in [0.4, 0.5) is 0 Å². The molecule has 0 bridgehead atoms. The van der Waals surface area contributed by atoms with Gasteiger partial charge in [0.25, 0.3) is 0 Å². The molecule has 0 saturated carbocycles. The Bertz CT molecular complexity index is 874. The predicted molar refractivity (Wildman–Crippen MR) is 93.6 cm³/mol. The Labute approximate surface area is 133 Å². The van der Waals surface area contributed by atoms with Crippen LogP contribution in [0.3, 0.4) is 0 Å². The standard InChI is InChI=1S/C20H15Br/c1-13-11-18(20-17(13)7-4-8-19(20)21)16-10-9-14-5-2-3-6-15(14)12-16/h2-12,18H,1H3. The van der Waals surface area contributed by atoms with Gasteiger partial charge in [0, 0.05) is 10.4 Å². The molecule has 0 aromatic heterocycles. The van der Waals surface area contributed by atoms with Crippen molar-refractivity contribution in [2.75, 3.05) is 0 Å². The third-order valence-electron chi connectivity index (χ3n) is 4.34. The number of hydrogen-bond acceptors (Lipinski definition) is 0. The first-order valence-electron chi connectivity index (χ1n) is 7.20.